The second kappa shape index (κ2) is 8.00. The minimum absolute atomic E-state index is 0.195. The molecule has 1 aliphatic heterocycles. The first-order valence-corrected chi connectivity index (χ1v) is 8.14. The van der Waals surface area contributed by atoms with E-state index in [-0.39, 0.29) is 12.2 Å². The summed E-state index contributed by atoms with van der Waals surface area (Å²) in [6, 6.07) is 3.40. The number of aliphatic carboxylic acids is 1. The van der Waals surface area contributed by atoms with Crippen molar-refractivity contribution in [3.05, 3.63) is 42.6 Å². The van der Waals surface area contributed by atoms with E-state index in [0.717, 1.165) is 0 Å². The summed E-state index contributed by atoms with van der Waals surface area (Å²) < 4.78 is 7.03. The van der Waals surface area contributed by atoms with E-state index < -0.39 is 11.9 Å². The number of hydrogen-bond acceptors (Lipinski definition) is 6. The predicted molar refractivity (Wildman–Crippen MR) is 88.7 cm³/mol. The quantitative estimate of drug-likeness (QED) is 0.744. The minimum Gasteiger partial charge on any atom is -0.481 e. The number of hydrogen-bond donors (Lipinski definition) is 1. The van der Waals surface area contributed by atoms with E-state index in [9.17, 15) is 9.59 Å². The average molecular weight is 344 g/mol. The molecule has 132 valence electrons. The smallest absolute Gasteiger partial charge is 0.304 e. The summed E-state index contributed by atoms with van der Waals surface area (Å²) in [5.41, 5.74) is 0.420. The molecule has 3 rings (SSSR count). The van der Waals surface area contributed by atoms with Gasteiger partial charge in [-0.1, -0.05) is 0 Å². The topological polar surface area (TPSA) is 97.6 Å². The van der Waals surface area contributed by atoms with Crippen LogP contribution in [0.15, 0.2) is 37.1 Å². The molecule has 0 spiro atoms. The van der Waals surface area contributed by atoms with E-state index in [2.05, 4.69) is 14.9 Å². The molecule has 1 saturated heterocycles. The molecule has 1 atom stereocenters. The number of morpholine rings is 1. The maximum absolute atomic E-state index is 12.8. The van der Waals surface area contributed by atoms with Crippen LogP contribution in [0.5, 0.6) is 0 Å². The van der Waals surface area contributed by atoms with Crippen LogP contribution in [0.3, 0.4) is 0 Å². The van der Waals surface area contributed by atoms with Gasteiger partial charge in [0.1, 0.15) is 12.1 Å². The summed E-state index contributed by atoms with van der Waals surface area (Å²) in [5.74, 6) is -1.12. The fourth-order valence-corrected chi connectivity index (χ4v) is 2.86. The Kier molecular flexibility index (Phi) is 5.52. The Bertz CT molecular complexity index is 709. The number of rotatable bonds is 7. The summed E-state index contributed by atoms with van der Waals surface area (Å²) in [7, 11) is 0. The maximum Gasteiger partial charge on any atom is 0.304 e. The highest BCUT2D eigenvalue weighted by molar-refractivity contribution is 5.99. The van der Waals surface area contributed by atoms with Gasteiger partial charge in [-0.25, -0.2) is 9.97 Å². The zero-order chi connectivity index (χ0) is 17.6. The molecule has 3 heterocycles. The van der Waals surface area contributed by atoms with Gasteiger partial charge in [0.05, 0.1) is 19.6 Å². The number of Topliss-reactive ketones (excluding diaryl/α,β-unsaturated/α-hetero) is 1. The zero-order valence-corrected chi connectivity index (χ0v) is 13.7. The Labute approximate surface area is 145 Å². The van der Waals surface area contributed by atoms with E-state index in [0.29, 0.717) is 44.2 Å². The zero-order valence-electron chi connectivity index (χ0n) is 13.7. The van der Waals surface area contributed by atoms with Crippen LogP contribution in [0.1, 0.15) is 16.8 Å². The van der Waals surface area contributed by atoms with E-state index in [1.165, 1.54) is 6.20 Å². The largest absolute Gasteiger partial charge is 0.481 e. The second-order valence-electron chi connectivity index (χ2n) is 5.95. The van der Waals surface area contributed by atoms with Crippen molar-refractivity contribution < 1.29 is 19.4 Å². The van der Waals surface area contributed by atoms with Crippen LogP contribution in [0.4, 0.5) is 0 Å². The number of carboxylic acid groups (broad SMARTS) is 1. The molecule has 1 fully saturated rings. The van der Waals surface area contributed by atoms with Gasteiger partial charge in [-0.3, -0.25) is 19.1 Å². The van der Waals surface area contributed by atoms with Crippen LogP contribution >= 0.6 is 0 Å². The van der Waals surface area contributed by atoms with Gasteiger partial charge in [-0.2, -0.15) is 0 Å². The van der Waals surface area contributed by atoms with Crippen LogP contribution < -0.4 is 0 Å². The third-order valence-corrected chi connectivity index (χ3v) is 4.18. The fourth-order valence-electron chi connectivity index (χ4n) is 2.86. The van der Waals surface area contributed by atoms with Gasteiger partial charge in [0.2, 0.25) is 0 Å². The first-order valence-electron chi connectivity index (χ1n) is 8.14. The Hall–Kier alpha value is -2.58. The van der Waals surface area contributed by atoms with Gasteiger partial charge < -0.3 is 9.84 Å². The van der Waals surface area contributed by atoms with Gasteiger partial charge in [0, 0.05) is 49.7 Å². The number of ketones is 1. The van der Waals surface area contributed by atoms with Gasteiger partial charge in [0.25, 0.3) is 0 Å². The van der Waals surface area contributed by atoms with Gasteiger partial charge >= 0.3 is 5.97 Å². The summed E-state index contributed by atoms with van der Waals surface area (Å²) in [6.45, 7) is 3.05. The summed E-state index contributed by atoms with van der Waals surface area (Å²) >= 11 is 0. The van der Waals surface area contributed by atoms with Crippen molar-refractivity contribution in [2.24, 2.45) is 5.92 Å². The number of carbonyl (C=O) groups is 2. The molecule has 8 nitrogen and oxygen atoms in total. The Morgan fingerprint density at radius 2 is 2.08 bits per heavy atom. The number of nitrogens with zero attached hydrogens (tertiary/aromatic N) is 4. The van der Waals surface area contributed by atoms with Crippen molar-refractivity contribution in [1.82, 2.24) is 19.4 Å². The first-order chi connectivity index (χ1) is 12.1. The first kappa shape index (κ1) is 17.2. The van der Waals surface area contributed by atoms with Gasteiger partial charge in [-0.05, 0) is 12.1 Å². The number of ether oxygens (including phenoxy) is 1. The average Bonchev–Trinajstić information content (AvgIpc) is 3.16. The molecule has 1 N–H and O–H groups in total. The van der Waals surface area contributed by atoms with E-state index in [4.69, 9.17) is 9.84 Å². The SMILES string of the molecule is O=C(O)CC(CN1CCOCC1)C(=O)c1ccc(-n2ccnc2)nc1. The van der Waals surface area contributed by atoms with Crippen LogP contribution in [0.2, 0.25) is 0 Å². The van der Waals surface area contributed by atoms with Crippen molar-refractivity contribution in [3.8, 4) is 5.82 Å². The van der Waals surface area contributed by atoms with Crippen LogP contribution in [0, 0.1) is 5.92 Å². The third-order valence-electron chi connectivity index (χ3n) is 4.18. The van der Waals surface area contributed by atoms with Gasteiger partial charge in [0.15, 0.2) is 5.78 Å². The summed E-state index contributed by atoms with van der Waals surface area (Å²) in [4.78, 5) is 34.2. The molecule has 1 aliphatic rings. The van der Waals surface area contributed by atoms with E-state index in [1.54, 1.807) is 35.4 Å². The van der Waals surface area contributed by atoms with Crippen LogP contribution in [-0.2, 0) is 9.53 Å². The van der Waals surface area contributed by atoms with E-state index >= 15 is 0 Å². The number of carboxylic acids is 1. The highest BCUT2D eigenvalue weighted by Gasteiger charge is 2.26. The highest BCUT2D eigenvalue weighted by atomic mass is 16.5. The lowest BCUT2D eigenvalue weighted by Gasteiger charge is -2.29. The molecule has 2 aromatic rings. The Morgan fingerprint density at radius 1 is 1.28 bits per heavy atom. The lowest BCUT2D eigenvalue weighted by Crippen LogP contribution is -2.41. The van der Waals surface area contributed by atoms with Crippen LogP contribution in [-0.4, -0.2) is 69.1 Å². The van der Waals surface area contributed by atoms with Crippen LogP contribution in [0.25, 0.3) is 5.82 Å². The van der Waals surface area contributed by atoms with Crippen molar-refractivity contribution in [2.75, 3.05) is 32.8 Å². The lowest BCUT2D eigenvalue weighted by molar-refractivity contribution is -0.138. The predicted octanol–water partition coefficient (Wildman–Crippen LogP) is 0.873. The molecular formula is C17H20N4O4. The molecule has 0 aliphatic carbocycles. The Balaban J connectivity index is 1.73. The molecule has 0 radical (unpaired) electrons. The molecule has 0 aromatic carbocycles. The van der Waals surface area contributed by atoms with Crippen molar-refractivity contribution >= 4 is 11.8 Å². The number of pyridine rings is 1. The second-order valence-corrected chi connectivity index (χ2v) is 5.95. The number of carbonyl (C=O) groups excluding carboxylic acids is 1. The molecule has 1 unspecified atom stereocenters. The van der Waals surface area contributed by atoms with Crippen molar-refractivity contribution in [3.63, 3.8) is 0 Å². The third kappa shape index (κ3) is 4.49. The van der Waals surface area contributed by atoms with Crippen molar-refractivity contribution in [1.29, 1.82) is 0 Å². The normalized spacial score (nSPS) is 16.5. The van der Waals surface area contributed by atoms with E-state index in [1.807, 2.05) is 0 Å². The molecule has 25 heavy (non-hydrogen) atoms. The fraction of sp³-hybridized carbons (Fsp3) is 0.412. The standard InChI is InChI=1S/C17H20N4O4/c22-16(23)9-14(11-20-5-7-25-8-6-20)17(24)13-1-2-15(19-10-13)21-4-3-18-12-21/h1-4,10,12,14H,5-9,11H2,(H,22,23). The van der Waals surface area contributed by atoms with Gasteiger partial charge in [-0.15, -0.1) is 0 Å². The molecule has 8 heteroatoms. The highest BCUT2D eigenvalue weighted by Crippen LogP contribution is 2.16. The molecular weight excluding hydrogens is 324 g/mol. The molecule has 2 aromatic heterocycles. The number of imidazole rings is 1. The summed E-state index contributed by atoms with van der Waals surface area (Å²) in [6.07, 6.45) is 6.32. The Morgan fingerprint density at radius 3 is 2.68 bits per heavy atom. The minimum atomic E-state index is -0.977. The molecule has 0 saturated carbocycles. The van der Waals surface area contributed by atoms with Crippen molar-refractivity contribution in [2.45, 2.75) is 6.42 Å². The lowest BCUT2D eigenvalue weighted by atomic mass is 9.94. The maximum atomic E-state index is 12.8. The summed E-state index contributed by atoms with van der Waals surface area (Å²) in [5, 5.41) is 9.16. The molecule has 0 bridgehead atoms. The molecule has 0 amide bonds. The monoisotopic (exact) mass is 344 g/mol. The number of aromatic nitrogens is 3.